The number of hydrogen-bond acceptors (Lipinski definition) is 5. The van der Waals surface area contributed by atoms with Crippen molar-refractivity contribution < 1.29 is 14.3 Å². The van der Waals surface area contributed by atoms with Gasteiger partial charge in [0.25, 0.3) is 0 Å². The molecular formula is C23H32N4O3. The van der Waals surface area contributed by atoms with Crippen molar-refractivity contribution in [3.63, 3.8) is 0 Å². The van der Waals surface area contributed by atoms with Gasteiger partial charge in [-0.15, -0.1) is 0 Å². The Labute approximate surface area is 179 Å². The Morgan fingerprint density at radius 2 is 2.13 bits per heavy atom. The fourth-order valence-electron chi connectivity index (χ4n) is 3.30. The van der Waals surface area contributed by atoms with Gasteiger partial charge in [0.15, 0.2) is 0 Å². The highest BCUT2D eigenvalue weighted by molar-refractivity contribution is 5.89. The number of hydrogen-bond donors (Lipinski definition) is 1. The lowest BCUT2D eigenvalue weighted by molar-refractivity contribution is 0.0820. The molecule has 2 heterocycles. The second kappa shape index (κ2) is 10.9. The third-order valence-corrected chi connectivity index (χ3v) is 5.07. The summed E-state index contributed by atoms with van der Waals surface area (Å²) >= 11 is 0. The maximum Gasteiger partial charge on any atom is 0.322 e. The van der Waals surface area contributed by atoms with Gasteiger partial charge in [-0.1, -0.05) is 19.1 Å². The number of carbonyl (C=O) groups excluding carboxylic acids is 1. The first-order chi connectivity index (χ1) is 14.5. The highest BCUT2D eigenvalue weighted by Crippen LogP contribution is 2.22. The normalized spacial score (nSPS) is 15.9. The molecule has 1 aliphatic rings. The molecule has 1 fully saturated rings. The van der Waals surface area contributed by atoms with Crippen LogP contribution in [-0.2, 0) is 11.2 Å². The molecule has 0 spiro atoms. The number of nitrogens with zero attached hydrogens (tertiary/aromatic N) is 3. The Morgan fingerprint density at radius 3 is 2.80 bits per heavy atom. The highest BCUT2D eigenvalue weighted by atomic mass is 16.5. The van der Waals surface area contributed by atoms with Crippen molar-refractivity contribution in [1.29, 1.82) is 0 Å². The Morgan fingerprint density at radius 1 is 1.27 bits per heavy atom. The number of urea groups is 1. The maximum absolute atomic E-state index is 12.8. The van der Waals surface area contributed by atoms with E-state index < -0.39 is 0 Å². The van der Waals surface area contributed by atoms with E-state index in [9.17, 15) is 4.79 Å². The Hall–Kier alpha value is -2.64. The van der Waals surface area contributed by atoms with Gasteiger partial charge in [0.05, 0.1) is 18.0 Å². The van der Waals surface area contributed by atoms with Crippen molar-refractivity contribution in [3.8, 4) is 11.6 Å². The summed E-state index contributed by atoms with van der Waals surface area (Å²) in [4.78, 5) is 21.1. The zero-order valence-electron chi connectivity index (χ0n) is 18.1. The lowest BCUT2D eigenvalue weighted by Crippen LogP contribution is -2.43. The third-order valence-electron chi connectivity index (χ3n) is 5.07. The molecule has 162 valence electrons. The van der Waals surface area contributed by atoms with E-state index in [2.05, 4.69) is 28.2 Å². The molecule has 2 amide bonds. The van der Waals surface area contributed by atoms with Gasteiger partial charge in [-0.05, 0) is 57.1 Å². The van der Waals surface area contributed by atoms with Crippen LogP contribution in [0.3, 0.4) is 0 Å². The zero-order chi connectivity index (χ0) is 21.3. The average molecular weight is 413 g/mol. The van der Waals surface area contributed by atoms with Crippen LogP contribution in [0.1, 0.15) is 25.3 Å². The van der Waals surface area contributed by atoms with Crippen LogP contribution in [0, 0.1) is 0 Å². The predicted molar refractivity (Wildman–Crippen MR) is 118 cm³/mol. The first-order valence-electron chi connectivity index (χ1n) is 10.6. The maximum atomic E-state index is 12.8. The summed E-state index contributed by atoms with van der Waals surface area (Å²) in [7, 11) is 4.00. The van der Waals surface area contributed by atoms with E-state index >= 15 is 0 Å². The lowest BCUT2D eigenvalue weighted by atomic mass is 10.2. The first kappa shape index (κ1) is 22.1. The van der Waals surface area contributed by atoms with Gasteiger partial charge in [0, 0.05) is 32.3 Å². The molecule has 0 aliphatic carbocycles. The zero-order valence-corrected chi connectivity index (χ0v) is 18.1. The number of rotatable bonds is 9. The van der Waals surface area contributed by atoms with Gasteiger partial charge in [0.2, 0.25) is 5.88 Å². The Bertz CT molecular complexity index is 804. The summed E-state index contributed by atoms with van der Waals surface area (Å²) in [5.41, 5.74) is 1.84. The quantitative estimate of drug-likeness (QED) is 0.674. The van der Waals surface area contributed by atoms with Crippen molar-refractivity contribution in [2.24, 2.45) is 0 Å². The second-order valence-electron chi connectivity index (χ2n) is 7.80. The van der Waals surface area contributed by atoms with Crippen LogP contribution >= 0.6 is 0 Å². The summed E-state index contributed by atoms with van der Waals surface area (Å²) in [6.45, 7) is 4.92. The lowest BCUT2D eigenvalue weighted by Gasteiger charge is -2.27. The SMILES string of the molecule is CCc1cccc(Oc2ccc(NC(=O)N(CCN(C)C)CC3CCCO3)cn2)c1. The molecule has 0 saturated carbocycles. The van der Waals surface area contributed by atoms with Crippen LogP contribution in [0.25, 0.3) is 0 Å². The van der Waals surface area contributed by atoms with E-state index in [1.807, 2.05) is 37.2 Å². The molecule has 30 heavy (non-hydrogen) atoms. The molecule has 1 aromatic carbocycles. The van der Waals surface area contributed by atoms with E-state index in [0.29, 0.717) is 24.7 Å². The Kier molecular flexibility index (Phi) is 8.04. The molecule has 7 nitrogen and oxygen atoms in total. The molecule has 1 N–H and O–H groups in total. The summed E-state index contributed by atoms with van der Waals surface area (Å²) in [5.74, 6) is 1.25. The highest BCUT2D eigenvalue weighted by Gasteiger charge is 2.22. The number of likely N-dealkylation sites (N-methyl/N-ethyl adjacent to an activating group) is 1. The standard InChI is InChI=1S/C23H32N4O3/c1-4-18-7-5-8-20(15-18)30-22-11-10-19(16-24-22)25-23(28)27(13-12-26(2)3)17-21-9-6-14-29-21/h5,7-8,10-11,15-16,21H,4,6,9,12-14,17H2,1-3H3,(H,25,28). The number of ether oxygens (including phenoxy) is 2. The number of aryl methyl sites for hydroxylation is 1. The fourth-order valence-corrected chi connectivity index (χ4v) is 3.30. The number of aromatic nitrogens is 1. The first-order valence-corrected chi connectivity index (χ1v) is 10.6. The number of anilines is 1. The van der Waals surface area contributed by atoms with Gasteiger partial charge < -0.3 is 24.6 Å². The van der Waals surface area contributed by atoms with E-state index in [1.54, 1.807) is 18.3 Å². The smallest absolute Gasteiger partial charge is 0.322 e. The van der Waals surface area contributed by atoms with Crippen LogP contribution in [0.4, 0.5) is 10.5 Å². The third kappa shape index (κ3) is 6.71. The second-order valence-corrected chi connectivity index (χ2v) is 7.80. The Balaban J connectivity index is 1.59. The van der Waals surface area contributed by atoms with Crippen LogP contribution in [-0.4, -0.2) is 67.3 Å². The molecule has 2 aromatic rings. The van der Waals surface area contributed by atoms with Gasteiger partial charge in [-0.2, -0.15) is 0 Å². The van der Waals surface area contributed by atoms with Crippen molar-refractivity contribution in [2.75, 3.05) is 45.7 Å². The molecule has 1 atom stereocenters. The van der Waals surface area contributed by atoms with E-state index in [1.165, 1.54) is 5.56 Å². The largest absolute Gasteiger partial charge is 0.439 e. The number of benzene rings is 1. The molecule has 1 aromatic heterocycles. The minimum Gasteiger partial charge on any atom is -0.439 e. The number of pyridine rings is 1. The van der Waals surface area contributed by atoms with E-state index in [-0.39, 0.29) is 12.1 Å². The number of amides is 2. The van der Waals surface area contributed by atoms with Crippen molar-refractivity contribution in [3.05, 3.63) is 48.2 Å². The fraction of sp³-hybridized carbons (Fsp3) is 0.478. The van der Waals surface area contributed by atoms with Crippen molar-refractivity contribution >= 4 is 11.7 Å². The van der Waals surface area contributed by atoms with Crippen LogP contribution < -0.4 is 10.1 Å². The van der Waals surface area contributed by atoms with Crippen LogP contribution in [0.2, 0.25) is 0 Å². The average Bonchev–Trinajstić information content (AvgIpc) is 3.25. The topological polar surface area (TPSA) is 66.9 Å². The summed E-state index contributed by atoms with van der Waals surface area (Å²) in [6, 6.07) is 11.4. The van der Waals surface area contributed by atoms with Gasteiger partial charge >= 0.3 is 6.03 Å². The van der Waals surface area contributed by atoms with Gasteiger partial charge in [-0.25, -0.2) is 9.78 Å². The monoisotopic (exact) mass is 412 g/mol. The molecular weight excluding hydrogens is 380 g/mol. The molecule has 0 radical (unpaired) electrons. The van der Waals surface area contributed by atoms with Gasteiger partial charge in [-0.3, -0.25) is 0 Å². The summed E-state index contributed by atoms with van der Waals surface area (Å²) in [6.07, 6.45) is 4.74. The van der Waals surface area contributed by atoms with Gasteiger partial charge in [0.1, 0.15) is 5.75 Å². The molecule has 3 rings (SSSR count). The van der Waals surface area contributed by atoms with E-state index in [4.69, 9.17) is 9.47 Å². The molecule has 1 aliphatic heterocycles. The number of nitrogens with one attached hydrogen (secondary N) is 1. The minimum absolute atomic E-state index is 0.116. The molecule has 1 unspecified atom stereocenters. The minimum atomic E-state index is -0.140. The predicted octanol–water partition coefficient (Wildman–Crippen LogP) is 4.01. The molecule has 0 bridgehead atoms. The molecule has 7 heteroatoms. The molecule has 1 saturated heterocycles. The van der Waals surface area contributed by atoms with Crippen molar-refractivity contribution in [1.82, 2.24) is 14.8 Å². The summed E-state index contributed by atoms with van der Waals surface area (Å²) < 4.78 is 11.5. The van der Waals surface area contributed by atoms with Crippen molar-refractivity contribution in [2.45, 2.75) is 32.3 Å². The van der Waals surface area contributed by atoms with Crippen LogP contribution in [0.5, 0.6) is 11.6 Å². The van der Waals surface area contributed by atoms with Crippen LogP contribution in [0.15, 0.2) is 42.6 Å². The summed E-state index contributed by atoms with van der Waals surface area (Å²) in [5, 5.41) is 2.94. The number of carbonyl (C=O) groups is 1. The van der Waals surface area contributed by atoms with E-state index in [0.717, 1.165) is 38.2 Å².